The Balaban J connectivity index is 1.79. The third-order valence-corrected chi connectivity index (χ3v) is 3.11. The van der Waals surface area contributed by atoms with Gasteiger partial charge in [-0.15, -0.1) is 0 Å². The summed E-state index contributed by atoms with van der Waals surface area (Å²) >= 11 is 0. The molecule has 0 atom stereocenters. The molecule has 3 aromatic rings. The summed E-state index contributed by atoms with van der Waals surface area (Å²) in [6, 6.07) is 12.6. The number of hydrogen-bond acceptors (Lipinski definition) is 2. The molecular weight excluding hydrogens is 234 g/mol. The highest BCUT2D eigenvalue weighted by Crippen LogP contribution is 2.19. The van der Waals surface area contributed by atoms with Crippen LogP contribution in [0.15, 0.2) is 55.0 Å². The second-order valence-electron chi connectivity index (χ2n) is 4.59. The van der Waals surface area contributed by atoms with Crippen LogP contribution in [0.3, 0.4) is 0 Å². The molecule has 2 heterocycles. The second kappa shape index (κ2) is 5.06. The Labute approximate surface area is 112 Å². The molecule has 0 aliphatic carbocycles. The van der Waals surface area contributed by atoms with E-state index in [2.05, 4.69) is 39.2 Å². The highest BCUT2D eigenvalue weighted by molar-refractivity contribution is 5.62. The Kier molecular flexibility index (Phi) is 3.11. The molecule has 1 aromatic carbocycles. The molecule has 1 N–H and O–H groups in total. The second-order valence-corrected chi connectivity index (χ2v) is 4.59. The van der Waals surface area contributed by atoms with Crippen molar-refractivity contribution in [2.75, 3.05) is 0 Å². The summed E-state index contributed by atoms with van der Waals surface area (Å²) < 4.78 is 0. The van der Waals surface area contributed by atoms with Crippen molar-refractivity contribution in [3.05, 3.63) is 72.1 Å². The first-order valence-corrected chi connectivity index (χ1v) is 6.31. The van der Waals surface area contributed by atoms with Crippen molar-refractivity contribution in [1.29, 1.82) is 0 Å². The van der Waals surface area contributed by atoms with Gasteiger partial charge < -0.3 is 4.98 Å². The summed E-state index contributed by atoms with van der Waals surface area (Å²) in [5, 5.41) is 0. The Morgan fingerprint density at radius 3 is 2.26 bits per heavy atom. The van der Waals surface area contributed by atoms with Gasteiger partial charge >= 0.3 is 0 Å². The van der Waals surface area contributed by atoms with Crippen molar-refractivity contribution in [3.8, 4) is 11.1 Å². The summed E-state index contributed by atoms with van der Waals surface area (Å²) in [4.78, 5) is 11.6. The van der Waals surface area contributed by atoms with E-state index in [4.69, 9.17) is 0 Å². The zero-order valence-corrected chi connectivity index (χ0v) is 10.8. The number of pyridine rings is 1. The number of aryl methyl sites for hydroxylation is 1. The quantitative estimate of drug-likeness (QED) is 0.773. The lowest BCUT2D eigenvalue weighted by Crippen LogP contribution is -1.88. The standard InChI is InChI=1S/C16H15N3/c1-12-18-11-16(19-12)10-13-2-4-14(5-3-13)15-6-8-17-9-7-15/h2-9,11H,10H2,1H3,(H,18,19). The number of imidazole rings is 1. The van der Waals surface area contributed by atoms with Gasteiger partial charge in [0, 0.05) is 25.0 Å². The summed E-state index contributed by atoms with van der Waals surface area (Å²) in [6.45, 7) is 1.97. The molecule has 0 bridgehead atoms. The van der Waals surface area contributed by atoms with Gasteiger partial charge in [0.25, 0.3) is 0 Å². The largest absolute Gasteiger partial charge is 0.349 e. The SMILES string of the molecule is Cc1nc(Cc2ccc(-c3ccncc3)cc2)c[nH]1. The summed E-state index contributed by atoms with van der Waals surface area (Å²) in [5.74, 6) is 0.961. The fourth-order valence-corrected chi connectivity index (χ4v) is 2.13. The molecule has 0 spiro atoms. The fourth-order valence-electron chi connectivity index (χ4n) is 2.13. The van der Waals surface area contributed by atoms with E-state index in [9.17, 15) is 0 Å². The van der Waals surface area contributed by atoms with Gasteiger partial charge in [-0.25, -0.2) is 4.98 Å². The normalized spacial score (nSPS) is 10.6. The molecule has 2 aromatic heterocycles. The summed E-state index contributed by atoms with van der Waals surface area (Å²) in [5.41, 5.74) is 4.75. The summed E-state index contributed by atoms with van der Waals surface area (Å²) in [7, 11) is 0. The maximum absolute atomic E-state index is 4.42. The topological polar surface area (TPSA) is 41.6 Å². The lowest BCUT2D eigenvalue weighted by molar-refractivity contribution is 1.07. The van der Waals surface area contributed by atoms with E-state index >= 15 is 0 Å². The number of H-pyrrole nitrogens is 1. The predicted molar refractivity (Wildman–Crippen MR) is 75.8 cm³/mol. The van der Waals surface area contributed by atoms with Gasteiger partial charge in [0.05, 0.1) is 5.69 Å². The van der Waals surface area contributed by atoms with E-state index in [-0.39, 0.29) is 0 Å². The summed E-state index contributed by atoms with van der Waals surface area (Å²) in [6.07, 6.45) is 6.46. The first kappa shape index (κ1) is 11.7. The Hall–Kier alpha value is -2.42. The van der Waals surface area contributed by atoms with Crippen LogP contribution in [0.4, 0.5) is 0 Å². The molecule has 0 fully saturated rings. The molecule has 0 saturated heterocycles. The smallest absolute Gasteiger partial charge is 0.103 e. The van der Waals surface area contributed by atoms with Gasteiger partial charge in [0.15, 0.2) is 0 Å². The molecule has 0 radical (unpaired) electrons. The molecule has 3 nitrogen and oxygen atoms in total. The van der Waals surface area contributed by atoms with Crippen LogP contribution in [-0.4, -0.2) is 15.0 Å². The molecule has 3 heteroatoms. The number of aromatic nitrogens is 3. The van der Waals surface area contributed by atoms with Gasteiger partial charge in [0.2, 0.25) is 0 Å². The van der Waals surface area contributed by atoms with Crippen molar-refractivity contribution in [1.82, 2.24) is 15.0 Å². The minimum Gasteiger partial charge on any atom is -0.349 e. The Bertz CT molecular complexity index is 654. The highest BCUT2D eigenvalue weighted by Gasteiger charge is 2.01. The van der Waals surface area contributed by atoms with Crippen LogP contribution in [0.25, 0.3) is 11.1 Å². The number of hydrogen-bond donors (Lipinski definition) is 1. The lowest BCUT2D eigenvalue weighted by Gasteiger charge is -2.03. The van der Waals surface area contributed by atoms with E-state index in [1.54, 1.807) is 0 Å². The number of nitrogens with one attached hydrogen (secondary N) is 1. The Morgan fingerprint density at radius 2 is 1.63 bits per heavy atom. The number of rotatable bonds is 3. The van der Waals surface area contributed by atoms with Crippen LogP contribution >= 0.6 is 0 Å². The lowest BCUT2D eigenvalue weighted by atomic mass is 10.0. The Morgan fingerprint density at radius 1 is 0.947 bits per heavy atom. The monoisotopic (exact) mass is 249 g/mol. The van der Waals surface area contributed by atoms with Crippen LogP contribution < -0.4 is 0 Å². The van der Waals surface area contributed by atoms with Crippen LogP contribution in [0.2, 0.25) is 0 Å². The van der Waals surface area contributed by atoms with Gasteiger partial charge in [-0.05, 0) is 35.7 Å². The van der Waals surface area contributed by atoms with E-state index in [0.29, 0.717) is 0 Å². The maximum atomic E-state index is 4.42. The molecule has 94 valence electrons. The van der Waals surface area contributed by atoms with Gasteiger partial charge in [-0.1, -0.05) is 24.3 Å². The minimum absolute atomic E-state index is 0.862. The van der Waals surface area contributed by atoms with Gasteiger partial charge in [-0.2, -0.15) is 0 Å². The number of aromatic amines is 1. The van der Waals surface area contributed by atoms with Crippen LogP contribution in [0.5, 0.6) is 0 Å². The molecule has 19 heavy (non-hydrogen) atoms. The van der Waals surface area contributed by atoms with Crippen molar-refractivity contribution in [2.45, 2.75) is 13.3 Å². The van der Waals surface area contributed by atoms with Crippen molar-refractivity contribution >= 4 is 0 Å². The van der Waals surface area contributed by atoms with E-state index in [1.807, 2.05) is 37.6 Å². The van der Waals surface area contributed by atoms with Crippen molar-refractivity contribution in [2.24, 2.45) is 0 Å². The van der Waals surface area contributed by atoms with Gasteiger partial charge in [-0.3, -0.25) is 4.98 Å². The van der Waals surface area contributed by atoms with Crippen molar-refractivity contribution < 1.29 is 0 Å². The van der Waals surface area contributed by atoms with Crippen LogP contribution in [0.1, 0.15) is 17.1 Å². The predicted octanol–water partition coefficient (Wildman–Crippen LogP) is 3.37. The molecule has 0 aliphatic rings. The van der Waals surface area contributed by atoms with Gasteiger partial charge in [0.1, 0.15) is 5.82 Å². The average molecular weight is 249 g/mol. The van der Waals surface area contributed by atoms with E-state index in [0.717, 1.165) is 17.9 Å². The minimum atomic E-state index is 0.862. The maximum Gasteiger partial charge on any atom is 0.103 e. The van der Waals surface area contributed by atoms with E-state index in [1.165, 1.54) is 16.7 Å². The highest BCUT2D eigenvalue weighted by atomic mass is 14.9. The molecule has 0 saturated carbocycles. The van der Waals surface area contributed by atoms with E-state index < -0.39 is 0 Å². The molecule has 0 unspecified atom stereocenters. The molecule has 0 aliphatic heterocycles. The number of nitrogens with zero attached hydrogens (tertiary/aromatic N) is 2. The van der Waals surface area contributed by atoms with Crippen molar-refractivity contribution in [3.63, 3.8) is 0 Å². The average Bonchev–Trinajstić information content (AvgIpc) is 2.86. The third-order valence-electron chi connectivity index (χ3n) is 3.11. The zero-order chi connectivity index (χ0) is 13.1. The van der Waals surface area contributed by atoms with Crippen LogP contribution in [0, 0.1) is 6.92 Å². The first-order valence-electron chi connectivity index (χ1n) is 6.31. The molecule has 3 rings (SSSR count). The first-order chi connectivity index (χ1) is 9.31. The molecule has 0 amide bonds. The number of benzene rings is 1. The zero-order valence-electron chi connectivity index (χ0n) is 10.8. The fraction of sp³-hybridized carbons (Fsp3) is 0.125. The van der Waals surface area contributed by atoms with Crippen LogP contribution in [-0.2, 0) is 6.42 Å². The molecular formula is C16H15N3. The third kappa shape index (κ3) is 2.71.